The van der Waals surface area contributed by atoms with Crippen molar-refractivity contribution in [2.45, 2.75) is 55.2 Å². The Morgan fingerprint density at radius 2 is 1.82 bits per heavy atom. The topological polar surface area (TPSA) is 98.7 Å². The number of nitrogens with one attached hydrogen (secondary N) is 2. The van der Waals surface area contributed by atoms with Gasteiger partial charge >= 0.3 is 0 Å². The lowest BCUT2D eigenvalue weighted by Gasteiger charge is -2.38. The van der Waals surface area contributed by atoms with Gasteiger partial charge in [0.2, 0.25) is 17.7 Å². The first kappa shape index (κ1) is 27.0. The number of thioether (sulfide) groups is 1. The Balaban J connectivity index is 1.42. The van der Waals surface area contributed by atoms with Crippen LogP contribution >= 0.6 is 23.4 Å². The van der Waals surface area contributed by atoms with E-state index < -0.39 is 22.6 Å². The Hall–Kier alpha value is -2.55. The molecule has 0 saturated carbocycles. The van der Waals surface area contributed by atoms with Crippen molar-refractivity contribution in [2.75, 3.05) is 18.5 Å². The lowest BCUT2D eigenvalue weighted by molar-refractivity contribution is -0.139. The molecule has 6 atom stereocenters. The maximum Gasteiger partial charge on any atom is 0.248 e. The number of unbranched alkanes of at least 4 members (excludes halogenated alkanes) is 2. The normalized spacial score (nSPS) is 29.4. The summed E-state index contributed by atoms with van der Waals surface area (Å²) in [7, 11) is 0. The highest BCUT2D eigenvalue weighted by Gasteiger charge is 2.75. The fourth-order valence-corrected chi connectivity index (χ4v) is 9.13. The molecule has 202 valence electrons. The molecule has 0 aromatic heterocycles. The number of fused-ring (bicyclic) bond motifs is 1. The molecule has 3 aliphatic heterocycles. The summed E-state index contributed by atoms with van der Waals surface area (Å²) in [5.74, 6) is -1.36. The lowest BCUT2D eigenvalue weighted by atomic mass is 9.66. The van der Waals surface area contributed by atoms with Crippen LogP contribution in [-0.4, -0.2) is 56.9 Å². The monoisotopic (exact) mass is 555 g/mol. The van der Waals surface area contributed by atoms with Crippen LogP contribution in [0.4, 0.5) is 5.69 Å². The largest absolute Gasteiger partial charge is 0.396 e. The highest BCUT2D eigenvalue weighted by molar-refractivity contribution is 8.02. The highest BCUT2D eigenvalue weighted by Crippen LogP contribution is 2.68. The van der Waals surface area contributed by atoms with Gasteiger partial charge in [0, 0.05) is 35.7 Å². The molecule has 2 bridgehead atoms. The van der Waals surface area contributed by atoms with E-state index in [0.29, 0.717) is 36.6 Å². The summed E-state index contributed by atoms with van der Waals surface area (Å²) in [4.78, 5) is 43.3. The van der Waals surface area contributed by atoms with Gasteiger partial charge in [-0.25, -0.2) is 0 Å². The van der Waals surface area contributed by atoms with Crippen LogP contribution < -0.4 is 10.6 Å². The Kier molecular flexibility index (Phi) is 8.03. The number of aliphatic hydroxyl groups is 1. The molecule has 3 heterocycles. The number of hydrogen-bond donors (Lipinski definition) is 3. The minimum absolute atomic E-state index is 0.00269. The fourth-order valence-electron chi connectivity index (χ4n) is 6.58. The second kappa shape index (κ2) is 11.3. The van der Waals surface area contributed by atoms with Crippen molar-refractivity contribution in [3.05, 3.63) is 65.2 Å². The van der Waals surface area contributed by atoms with Crippen LogP contribution in [0.5, 0.6) is 0 Å². The summed E-state index contributed by atoms with van der Waals surface area (Å²) in [6, 6.07) is 16.0. The number of aliphatic hydroxyl groups excluding tert-OH is 1. The molecule has 3 unspecified atom stereocenters. The second-order valence-corrected chi connectivity index (χ2v) is 12.6. The summed E-state index contributed by atoms with van der Waals surface area (Å²) in [5, 5.41) is 15.9. The van der Waals surface area contributed by atoms with Crippen molar-refractivity contribution in [1.29, 1.82) is 0 Å². The van der Waals surface area contributed by atoms with Crippen molar-refractivity contribution < 1.29 is 19.5 Å². The zero-order valence-corrected chi connectivity index (χ0v) is 23.0. The minimum atomic E-state index is -0.679. The average molecular weight is 556 g/mol. The van der Waals surface area contributed by atoms with Crippen molar-refractivity contribution in [2.24, 2.45) is 17.8 Å². The zero-order chi connectivity index (χ0) is 26.9. The number of carbonyl (C=O) groups excluding carboxylic acids is 3. The number of carbonyl (C=O) groups is 3. The predicted molar refractivity (Wildman–Crippen MR) is 150 cm³/mol. The van der Waals surface area contributed by atoms with Crippen LogP contribution in [0.1, 0.15) is 38.2 Å². The van der Waals surface area contributed by atoms with Gasteiger partial charge in [-0.2, -0.15) is 0 Å². The molecular weight excluding hydrogens is 522 g/mol. The quantitative estimate of drug-likeness (QED) is 0.383. The molecule has 3 N–H and O–H groups in total. The maximum absolute atomic E-state index is 14.1. The van der Waals surface area contributed by atoms with Crippen molar-refractivity contribution in [3.8, 4) is 0 Å². The molecule has 3 amide bonds. The number of benzene rings is 2. The van der Waals surface area contributed by atoms with Gasteiger partial charge in [0.25, 0.3) is 0 Å². The van der Waals surface area contributed by atoms with Gasteiger partial charge < -0.3 is 20.6 Å². The molecule has 1 spiro atoms. The number of halogens is 1. The van der Waals surface area contributed by atoms with E-state index in [2.05, 4.69) is 17.6 Å². The van der Waals surface area contributed by atoms with E-state index >= 15 is 0 Å². The summed E-state index contributed by atoms with van der Waals surface area (Å²) in [5.41, 5.74) is 1.62. The minimum Gasteiger partial charge on any atom is -0.396 e. The fraction of sp³-hybridized carbons (Fsp3) is 0.483. The molecular formula is C29H34ClN3O4S. The first-order valence-electron chi connectivity index (χ1n) is 13.3. The highest BCUT2D eigenvalue weighted by atomic mass is 35.5. The SMILES string of the molecule is CC1C[C@@H]2SC13C(C(=O)Nc1ccc(Cl)cc1)N(CCCCCO)C(=O)[C@@H]3[C@@H]2C(=O)NCc1ccccc1. The lowest BCUT2D eigenvalue weighted by Crippen LogP contribution is -2.55. The second-order valence-electron chi connectivity index (χ2n) is 10.6. The average Bonchev–Trinajstić information content (AvgIpc) is 3.51. The van der Waals surface area contributed by atoms with Crippen molar-refractivity contribution >= 4 is 46.8 Å². The van der Waals surface area contributed by atoms with Gasteiger partial charge in [-0.1, -0.05) is 48.9 Å². The van der Waals surface area contributed by atoms with Crippen LogP contribution in [0.2, 0.25) is 5.02 Å². The molecule has 2 aromatic carbocycles. The van der Waals surface area contributed by atoms with Crippen LogP contribution in [0.3, 0.4) is 0 Å². The molecule has 9 heteroatoms. The van der Waals surface area contributed by atoms with Gasteiger partial charge in [0.15, 0.2) is 0 Å². The summed E-state index contributed by atoms with van der Waals surface area (Å²) >= 11 is 7.70. The molecule has 0 aliphatic carbocycles. The van der Waals surface area contributed by atoms with Gasteiger partial charge in [-0.05, 0) is 61.4 Å². The van der Waals surface area contributed by atoms with Gasteiger partial charge in [-0.15, -0.1) is 11.8 Å². The number of anilines is 1. The van der Waals surface area contributed by atoms with Gasteiger partial charge in [-0.3, -0.25) is 14.4 Å². The third kappa shape index (κ3) is 4.82. The number of hydrogen-bond acceptors (Lipinski definition) is 5. The third-order valence-corrected chi connectivity index (χ3v) is 10.6. The molecule has 3 fully saturated rings. The molecule has 2 aromatic rings. The number of amides is 3. The van der Waals surface area contributed by atoms with Crippen LogP contribution in [0.25, 0.3) is 0 Å². The third-order valence-electron chi connectivity index (χ3n) is 8.28. The molecule has 7 nitrogen and oxygen atoms in total. The first-order chi connectivity index (χ1) is 18.4. The van der Waals surface area contributed by atoms with E-state index in [4.69, 9.17) is 11.6 Å². The van der Waals surface area contributed by atoms with Gasteiger partial charge in [0.05, 0.1) is 16.6 Å². The van der Waals surface area contributed by atoms with Crippen LogP contribution in [0, 0.1) is 17.8 Å². The Morgan fingerprint density at radius 1 is 1.08 bits per heavy atom. The van der Waals surface area contributed by atoms with Gasteiger partial charge in [0.1, 0.15) is 6.04 Å². The van der Waals surface area contributed by atoms with Crippen molar-refractivity contribution in [3.63, 3.8) is 0 Å². The van der Waals surface area contributed by atoms with E-state index in [9.17, 15) is 19.5 Å². The number of likely N-dealkylation sites (tertiary alicyclic amines) is 1. The molecule has 3 saturated heterocycles. The van der Waals surface area contributed by atoms with E-state index in [0.717, 1.165) is 18.4 Å². The molecule has 0 radical (unpaired) electrons. The Bertz CT molecular complexity index is 1180. The predicted octanol–water partition coefficient (Wildman–Crippen LogP) is 4.09. The maximum atomic E-state index is 14.1. The van der Waals surface area contributed by atoms with Crippen molar-refractivity contribution in [1.82, 2.24) is 10.2 Å². The van der Waals surface area contributed by atoms with E-state index in [1.165, 1.54) is 0 Å². The Morgan fingerprint density at radius 3 is 2.53 bits per heavy atom. The summed E-state index contributed by atoms with van der Waals surface area (Å²) in [6.07, 6.45) is 2.89. The van der Waals surface area contributed by atoms with E-state index in [1.807, 2.05) is 30.3 Å². The smallest absolute Gasteiger partial charge is 0.248 e. The van der Waals surface area contributed by atoms with E-state index in [-0.39, 0.29) is 35.5 Å². The van der Waals surface area contributed by atoms with E-state index in [1.54, 1.807) is 40.9 Å². The summed E-state index contributed by atoms with van der Waals surface area (Å²) in [6.45, 7) is 3.04. The number of rotatable bonds is 10. The molecule has 3 aliphatic rings. The first-order valence-corrected chi connectivity index (χ1v) is 14.6. The molecule has 38 heavy (non-hydrogen) atoms. The van der Waals surface area contributed by atoms with Crippen LogP contribution in [-0.2, 0) is 20.9 Å². The summed E-state index contributed by atoms with van der Waals surface area (Å²) < 4.78 is -0.663. The standard InChI is InChI=1S/C29H34ClN3O4S/c1-18-16-22-23(26(35)31-17-19-8-4-2-5-9-19)24-28(37)33(14-6-3-7-15-34)25(29(18,24)38-22)27(36)32-21-12-10-20(30)11-13-21/h2,4-5,8-13,18,22-25,34H,3,6-7,14-17H2,1H3,(H,31,35)(H,32,36)/t18?,22-,23+,24-,25?,29?/m0/s1. The Labute approximate surface area is 232 Å². The number of nitrogens with zero attached hydrogens (tertiary/aromatic N) is 1. The zero-order valence-electron chi connectivity index (χ0n) is 21.4. The van der Waals surface area contributed by atoms with Crippen LogP contribution in [0.15, 0.2) is 54.6 Å². The molecule has 5 rings (SSSR count).